The van der Waals surface area contributed by atoms with E-state index in [0.29, 0.717) is 5.92 Å². The summed E-state index contributed by atoms with van der Waals surface area (Å²) in [5.74, 6) is -1.94. The van der Waals surface area contributed by atoms with Gasteiger partial charge in [0.15, 0.2) is 0 Å². The Morgan fingerprint density at radius 1 is 1.18 bits per heavy atom. The molecule has 0 spiro atoms. The molecule has 0 aliphatic rings. The fraction of sp³-hybridized carbons (Fsp3) is 0.333. The van der Waals surface area contributed by atoms with E-state index in [1.807, 2.05) is 0 Å². The Morgan fingerprint density at radius 2 is 1.65 bits per heavy atom. The molecule has 0 aliphatic carbocycles. The van der Waals surface area contributed by atoms with Gasteiger partial charge in [-0.3, -0.25) is 9.59 Å². The smallest absolute Gasteiger partial charge is 0.314 e. The van der Waals surface area contributed by atoms with E-state index in [1.54, 1.807) is 0 Å². The third-order valence-electron chi connectivity index (χ3n) is 2.11. The van der Waals surface area contributed by atoms with Gasteiger partial charge in [0.25, 0.3) is 0 Å². The third kappa shape index (κ3) is 7.96. The predicted molar refractivity (Wildman–Crippen MR) is 65.8 cm³/mol. The number of benzene rings is 1. The zero-order chi connectivity index (χ0) is 13.4. The van der Waals surface area contributed by atoms with Crippen LogP contribution >= 0.6 is 0 Å². The maximum atomic E-state index is 9.43. The van der Waals surface area contributed by atoms with Crippen molar-refractivity contribution in [2.75, 3.05) is 0 Å². The minimum atomic E-state index is -1.31. The molecule has 0 saturated carbocycles. The van der Waals surface area contributed by atoms with Crippen LogP contribution in [-0.4, -0.2) is 50.1 Å². The van der Waals surface area contributed by atoms with Crippen LogP contribution < -0.4 is 2.81 Å². The van der Waals surface area contributed by atoms with Crippen molar-refractivity contribution in [3.63, 3.8) is 0 Å². The van der Waals surface area contributed by atoms with Crippen molar-refractivity contribution in [1.29, 1.82) is 0 Å². The van der Waals surface area contributed by atoms with Crippen molar-refractivity contribution in [3.05, 3.63) is 29.8 Å². The average molecular weight is 246 g/mol. The van der Waals surface area contributed by atoms with Crippen LogP contribution in [0.3, 0.4) is 0 Å². The van der Waals surface area contributed by atoms with Gasteiger partial charge in [-0.1, -0.05) is 0 Å². The van der Waals surface area contributed by atoms with E-state index in [4.69, 9.17) is 10.2 Å². The number of hydrogen-bond acceptors (Lipinski definition) is 2. The summed E-state index contributed by atoms with van der Waals surface area (Å²) >= 11 is 1.17. The van der Waals surface area contributed by atoms with Gasteiger partial charge >= 0.3 is 92.3 Å². The Labute approximate surface area is 118 Å². The van der Waals surface area contributed by atoms with Crippen molar-refractivity contribution in [3.8, 4) is 0 Å². The van der Waals surface area contributed by atoms with Gasteiger partial charge in [0.1, 0.15) is 6.42 Å². The molecule has 4 nitrogen and oxygen atoms in total. The number of aliphatic carboxylic acids is 2. The fourth-order valence-corrected chi connectivity index (χ4v) is 2.30. The molecule has 0 atom stereocenters. The summed E-state index contributed by atoms with van der Waals surface area (Å²) in [5.41, 5.74) is 1.52. The molecule has 5 heteroatoms. The quantitative estimate of drug-likeness (QED) is 0.619. The molecule has 0 amide bonds. The zero-order valence-corrected chi connectivity index (χ0v) is 12.3. The second kappa shape index (κ2) is 8.28. The van der Waals surface area contributed by atoms with Crippen molar-refractivity contribution in [1.82, 2.24) is 0 Å². The van der Waals surface area contributed by atoms with E-state index in [-0.39, 0.29) is 0 Å². The Balaban J connectivity index is 0.000000325. The normalized spacial score (nSPS) is 9.47. The van der Waals surface area contributed by atoms with Gasteiger partial charge in [0, 0.05) is 0 Å². The maximum absolute atomic E-state index is 9.43. The average Bonchev–Trinajstić information content (AvgIpc) is 2.16. The van der Waals surface area contributed by atoms with E-state index in [2.05, 4.69) is 38.1 Å². The second-order valence-electron chi connectivity index (χ2n) is 3.98. The largest absolute Gasteiger partial charge is 0.481 e. The fourth-order valence-electron chi connectivity index (χ4n) is 1.36. The van der Waals surface area contributed by atoms with Gasteiger partial charge < -0.3 is 10.2 Å². The van der Waals surface area contributed by atoms with Gasteiger partial charge in [0.2, 0.25) is 0 Å². The van der Waals surface area contributed by atoms with E-state index < -0.39 is 18.4 Å². The van der Waals surface area contributed by atoms with E-state index in [0.717, 1.165) is 0 Å². The third-order valence-corrected chi connectivity index (χ3v) is 3.02. The standard InChI is InChI=1S/C9H11.C3H4O4.Na/c1-8(2)9-6-4-3-5-7-9;4-2(5)1-3(6)7;/h3-6,8H,1-2H3;1H2,(H,4,5)(H,6,7);. The topological polar surface area (TPSA) is 74.6 Å². The number of hydrogen-bond donors (Lipinski definition) is 2. The number of rotatable bonds is 3. The summed E-state index contributed by atoms with van der Waals surface area (Å²) in [6.07, 6.45) is -0.806. The first-order chi connectivity index (χ1) is 7.84. The summed E-state index contributed by atoms with van der Waals surface area (Å²) in [6.45, 7) is 4.49. The molecule has 1 aromatic carbocycles. The van der Waals surface area contributed by atoms with E-state index in [1.165, 1.54) is 36.3 Å². The van der Waals surface area contributed by atoms with Crippen molar-refractivity contribution in [2.45, 2.75) is 26.2 Å². The first kappa shape index (κ1) is 16.2. The second-order valence-corrected chi connectivity index (χ2v) is 5.05. The molecule has 0 bridgehead atoms. The Hall–Kier alpha value is -0.840. The monoisotopic (exact) mass is 246 g/mol. The molecule has 1 aromatic rings. The number of carboxylic acid groups (broad SMARTS) is 2. The molecule has 17 heavy (non-hydrogen) atoms. The summed E-state index contributed by atoms with van der Waals surface area (Å²) < 4.78 is 1.54. The zero-order valence-electron chi connectivity index (χ0n) is 10.3. The van der Waals surface area contributed by atoms with Crippen LogP contribution in [-0.2, 0) is 9.59 Å². The molecule has 2 N–H and O–H groups in total. The van der Waals surface area contributed by atoms with Gasteiger partial charge in [-0.25, -0.2) is 0 Å². The summed E-state index contributed by atoms with van der Waals surface area (Å²) in [4.78, 5) is 18.9. The Bertz CT molecular complexity index is 376. The van der Waals surface area contributed by atoms with Gasteiger partial charge in [-0.05, 0) is 0 Å². The summed E-state index contributed by atoms with van der Waals surface area (Å²) in [5, 5.41) is 15.4. The van der Waals surface area contributed by atoms with Crippen LogP contribution in [0.25, 0.3) is 0 Å². The number of carboxylic acids is 2. The molecule has 0 heterocycles. The minimum absolute atomic E-state index is 0.689. The summed E-state index contributed by atoms with van der Waals surface area (Å²) in [6, 6.07) is 8.69. The van der Waals surface area contributed by atoms with E-state index in [9.17, 15) is 9.59 Å². The molecule has 0 fully saturated rings. The maximum Gasteiger partial charge on any atom is 0.314 e. The van der Waals surface area contributed by atoms with Crippen molar-refractivity contribution in [2.24, 2.45) is 0 Å². The molecule has 0 aromatic heterocycles. The van der Waals surface area contributed by atoms with E-state index >= 15 is 0 Å². The summed E-state index contributed by atoms with van der Waals surface area (Å²) in [7, 11) is 0. The predicted octanol–water partition coefficient (Wildman–Crippen LogP) is 1.15. The molecular formula is C12H15NaO4. The van der Waals surface area contributed by atoms with Crippen LogP contribution in [0, 0.1) is 0 Å². The Morgan fingerprint density at radius 3 is 1.88 bits per heavy atom. The molecule has 0 radical (unpaired) electrons. The van der Waals surface area contributed by atoms with Crippen molar-refractivity contribution >= 4 is 42.7 Å². The number of carbonyl (C=O) groups is 2. The van der Waals surface area contributed by atoms with Crippen LogP contribution in [0.4, 0.5) is 0 Å². The van der Waals surface area contributed by atoms with Gasteiger partial charge in [-0.15, -0.1) is 0 Å². The molecule has 0 aliphatic heterocycles. The van der Waals surface area contributed by atoms with Crippen LogP contribution in [0.5, 0.6) is 0 Å². The molecule has 88 valence electrons. The van der Waals surface area contributed by atoms with Crippen molar-refractivity contribution < 1.29 is 19.8 Å². The van der Waals surface area contributed by atoms with Crippen LogP contribution in [0.1, 0.15) is 31.7 Å². The molecule has 1 rings (SSSR count). The first-order valence-electron chi connectivity index (χ1n) is 5.33. The van der Waals surface area contributed by atoms with Crippen LogP contribution in [0.15, 0.2) is 24.3 Å². The molecule has 0 unspecified atom stereocenters. The Kier molecular flexibility index (Phi) is 7.87. The van der Waals surface area contributed by atoms with Crippen LogP contribution in [0.2, 0.25) is 0 Å². The van der Waals surface area contributed by atoms with Gasteiger partial charge in [-0.2, -0.15) is 0 Å². The minimum Gasteiger partial charge on any atom is -0.481 e. The molecular weight excluding hydrogens is 231 g/mol. The van der Waals surface area contributed by atoms with Gasteiger partial charge in [0.05, 0.1) is 0 Å². The first-order valence-corrected chi connectivity index (χ1v) is 6.33. The SMILES string of the molecule is CC(C)c1cccc[c]1[Na].O=C(O)CC(=O)O. The molecule has 0 saturated heterocycles.